The average Bonchev–Trinajstić information content (AvgIpc) is 2.49. The number of esters is 1. The van der Waals surface area contributed by atoms with E-state index in [0.29, 0.717) is 31.4 Å². The number of amides is 1. The Labute approximate surface area is 134 Å². The predicted molar refractivity (Wildman–Crippen MR) is 86.9 cm³/mol. The van der Waals surface area contributed by atoms with Crippen molar-refractivity contribution in [1.29, 1.82) is 0 Å². The minimum atomic E-state index is -0.316. The van der Waals surface area contributed by atoms with E-state index in [4.69, 9.17) is 4.74 Å². The Morgan fingerprint density at radius 2 is 1.82 bits per heavy atom. The fraction of sp³-hybridized carbons (Fsp3) is 0.882. The molecule has 0 N–H and O–H groups in total. The van der Waals surface area contributed by atoms with E-state index in [-0.39, 0.29) is 17.8 Å². The second-order valence-corrected chi connectivity index (χ2v) is 7.20. The highest BCUT2D eigenvalue weighted by atomic mass is 16.5. The van der Waals surface area contributed by atoms with Crippen LogP contribution in [0.3, 0.4) is 0 Å². The number of piperidine rings is 1. The second-order valence-electron chi connectivity index (χ2n) is 7.20. The first-order valence-corrected chi connectivity index (χ1v) is 9.18. The smallest absolute Gasteiger partial charge is 0.320 e. The molecule has 2 bridgehead atoms. The summed E-state index contributed by atoms with van der Waals surface area (Å²) in [6.45, 7) is 3.33. The molecular weight excluding hydrogens is 277 g/mol. The van der Waals surface area contributed by atoms with Crippen LogP contribution < -0.4 is 0 Å². The molecule has 0 spiro atoms. The average molecular weight is 305 g/mol. The van der Waals surface area contributed by atoms with Crippen molar-refractivity contribution in [3.05, 3.63) is 0 Å². The molecule has 0 radical (unpaired) electrons. The van der Waals surface area contributed by atoms with Gasteiger partial charge in [0.25, 0.3) is 0 Å². The maximum Gasteiger partial charge on any atom is 0.320 e. The summed E-state index contributed by atoms with van der Waals surface area (Å²) in [4.78, 5) is 27.0. The number of nitrogens with zero attached hydrogens (tertiary/aromatic N) is 1. The number of carbonyl (C=O) groups excluding carboxylic acids is 2. The quantitative estimate of drug-likeness (QED) is 0.592. The molecular formula is C17H28BNO3. The van der Waals surface area contributed by atoms with Crippen LogP contribution in [-0.4, -0.2) is 42.6 Å². The van der Waals surface area contributed by atoms with Gasteiger partial charge in [-0.25, -0.2) is 0 Å². The van der Waals surface area contributed by atoms with Crippen molar-refractivity contribution in [2.75, 3.05) is 13.2 Å². The Balaban J connectivity index is 1.86. The Kier molecular flexibility index (Phi) is 5.09. The van der Waals surface area contributed by atoms with Gasteiger partial charge in [0.05, 0.1) is 6.61 Å². The summed E-state index contributed by atoms with van der Waals surface area (Å²) in [6.07, 6.45) is 10.0. The second kappa shape index (κ2) is 7.05. The van der Waals surface area contributed by atoms with Gasteiger partial charge in [-0.05, 0) is 19.8 Å². The summed E-state index contributed by atoms with van der Waals surface area (Å²) in [5.41, 5.74) is 0. The third-order valence-corrected chi connectivity index (χ3v) is 5.98. The molecule has 0 aromatic heterocycles. The molecule has 0 aromatic carbocycles. The summed E-state index contributed by atoms with van der Waals surface area (Å²) in [6, 6.07) is 0. The molecule has 3 rings (SSSR count). The lowest BCUT2D eigenvalue weighted by atomic mass is 9.24. The van der Waals surface area contributed by atoms with E-state index in [2.05, 4.69) is 0 Å². The van der Waals surface area contributed by atoms with Crippen molar-refractivity contribution < 1.29 is 14.3 Å². The van der Waals surface area contributed by atoms with Gasteiger partial charge in [-0.1, -0.05) is 50.2 Å². The van der Waals surface area contributed by atoms with Crippen LogP contribution in [0.4, 0.5) is 0 Å². The van der Waals surface area contributed by atoms with E-state index >= 15 is 0 Å². The zero-order chi connectivity index (χ0) is 15.5. The van der Waals surface area contributed by atoms with Crippen LogP contribution >= 0.6 is 0 Å². The first kappa shape index (κ1) is 15.9. The molecule has 3 heterocycles. The van der Waals surface area contributed by atoms with E-state index in [1.54, 1.807) is 0 Å². The standard InChI is InChI=1S/C17H28BNO3/c1-2-22-17(21)16(19-12-4-3-11-15(19)20)18-13-7-5-8-14(18)10-6-9-13/h13-14,16H,2-12H2,1H3. The van der Waals surface area contributed by atoms with Crippen LogP contribution in [0.25, 0.3) is 0 Å². The number of rotatable bonds is 4. The molecule has 3 aliphatic rings. The van der Waals surface area contributed by atoms with E-state index in [0.717, 1.165) is 19.4 Å². The van der Waals surface area contributed by atoms with Crippen LogP contribution in [0.15, 0.2) is 0 Å². The molecule has 3 saturated heterocycles. The van der Waals surface area contributed by atoms with E-state index in [1.165, 1.54) is 38.5 Å². The van der Waals surface area contributed by atoms with Gasteiger partial charge in [-0.15, -0.1) is 0 Å². The lowest BCUT2D eigenvalue weighted by molar-refractivity contribution is -0.152. The van der Waals surface area contributed by atoms with Gasteiger partial charge in [-0.3, -0.25) is 9.59 Å². The van der Waals surface area contributed by atoms with Crippen molar-refractivity contribution in [3.63, 3.8) is 0 Å². The fourth-order valence-corrected chi connectivity index (χ4v) is 5.08. The van der Waals surface area contributed by atoms with Crippen LogP contribution in [0.5, 0.6) is 0 Å². The Bertz CT molecular complexity index is 406. The summed E-state index contributed by atoms with van der Waals surface area (Å²) < 4.78 is 5.39. The molecule has 1 amide bonds. The zero-order valence-corrected chi connectivity index (χ0v) is 13.8. The minimum Gasteiger partial charge on any atom is -0.465 e. The van der Waals surface area contributed by atoms with Crippen LogP contribution in [-0.2, 0) is 14.3 Å². The lowest BCUT2D eigenvalue weighted by Gasteiger charge is -2.47. The normalized spacial score (nSPS) is 30.1. The minimum absolute atomic E-state index is 0.151. The highest BCUT2D eigenvalue weighted by molar-refractivity contribution is 6.68. The Morgan fingerprint density at radius 3 is 2.36 bits per heavy atom. The van der Waals surface area contributed by atoms with Crippen molar-refractivity contribution in [1.82, 2.24) is 4.90 Å². The van der Waals surface area contributed by atoms with Crippen molar-refractivity contribution >= 4 is 18.6 Å². The van der Waals surface area contributed by atoms with Gasteiger partial charge in [0.2, 0.25) is 5.91 Å². The van der Waals surface area contributed by atoms with Gasteiger partial charge >= 0.3 is 5.97 Å². The van der Waals surface area contributed by atoms with Crippen LogP contribution in [0.1, 0.15) is 64.7 Å². The van der Waals surface area contributed by atoms with Crippen molar-refractivity contribution in [3.8, 4) is 0 Å². The summed E-state index contributed by atoms with van der Waals surface area (Å²) >= 11 is 0. The third kappa shape index (κ3) is 3.04. The van der Waals surface area contributed by atoms with Gasteiger partial charge in [0, 0.05) is 13.0 Å². The number of carbonyl (C=O) groups is 2. The highest BCUT2D eigenvalue weighted by Crippen LogP contribution is 2.48. The van der Waals surface area contributed by atoms with Gasteiger partial charge < -0.3 is 9.64 Å². The molecule has 1 unspecified atom stereocenters. The van der Waals surface area contributed by atoms with Gasteiger partial charge in [0.15, 0.2) is 6.71 Å². The maximum absolute atomic E-state index is 12.7. The monoisotopic (exact) mass is 305 g/mol. The molecule has 22 heavy (non-hydrogen) atoms. The summed E-state index contributed by atoms with van der Waals surface area (Å²) in [5.74, 6) is 0.908. The highest BCUT2D eigenvalue weighted by Gasteiger charge is 2.50. The predicted octanol–water partition coefficient (Wildman–Crippen LogP) is 3.07. The number of fused-ring (bicyclic) bond motifs is 2. The van der Waals surface area contributed by atoms with Crippen molar-refractivity contribution in [2.45, 2.75) is 82.3 Å². The molecule has 0 aliphatic carbocycles. The van der Waals surface area contributed by atoms with E-state index in [9.17, 15) is 9.59 Å². The molecule has 5 heteroatoms. The fourth-order valence-electron chi connectivity index (χ4n) is 5.08. The SMILES string of the molecule is CCOC(=O)C(B1C2CCCC1CCC2)N1CCCCC1=O. The van der Waals surface area contributed by atoms with Crippen LogP contribution in [0.2, 0.25) is 11.6 Å². The molecule has 3 fully saturated rings. The molecule has 0 saturated carbocycles. The van der Waals surface area contributed by atoms with Gasteiger partial charge in [0.1, 0.15) is 5.94 Å². The number of likely N-dealkylation sites (tertiary alicyclic amines) is 1. The largest absolute Gasteiger partial charge is 0.465 e. The first-order valence-electron chi connectivity index (χ1n) is 9.18. The zero-order valence-electron chi connectivity index (χ0n) is 13.8. The molecule has 3 aliphatic heterocycles. The van der Waals surface area contributed by atoms with Gasteiger partial charge in [-0.2, -0.15) is 0 Å². The van der Waals surface area contributed by atoms with E-state index in [1.807, 2.05) is 11.8 Å². The maximum atomic E-state index is 12.7. The third-order valence-electron chi connectivity index (χ3n) is 5.98. The molecule has 122 valence electrons. The Hall–Kier alpha value is -0.995. The summed E-state index contributed by atoms with van der Waals surface area (Å²) in [7, 11) is 0. The lowest BCUT2D eigenvalue weighted by Crippen LogP contribution is -2.60. The van der Waals surface area contributed by atoms with E-state index < -0.39 is 0 Å². The number of ether oxygens (including phenoxy) is 1. The number of hydrogen-bond donors (Lipinski definition) is 0. The Morgan fingerprint density at radius 1 is 1.18 bits per heavy atom. The van der Waals surface area contributed by atoms with Crippen LogP contribution in [0, 0.1) is 0 Å². The first-order chi connectivity index (χ1) is 10.7. The summed E-state index contributed by atoms with van der Waals surface area (Å²) in [5, 5.41) is 0. The molecule has 1 atom stereocenters. The van der Waals surface area contributed by atoms with Crippen molar-refractivity contribution in [2.24, 2.45) is 0 Å². The topological polar surface area (TPSA) is 46.6 Å². The molecule has 0 aromatic rings. The number of hydrogen-bond acceptors (Lipinski definition) is 3. The molecule has 4 nitrogen and oxygen atoms in total.